The van der Waals surface area contributed by atoms with Crippen LogP contribution in [0.2, 0.25) is 0 Å². The Morgan fingerprint density at radius 2 is 1.52 bits per heavy atom. The summed E-state index contributed by atoms with van der Waals surface area (Å²) in [6.07, 6.45) is 0. The highest BCUT2D eigenvalue weighted by Crippen LogP contribution is 2.39. The summed E-state index contributed by atoms with van der Waals surface area (Å²) in [5, 5.41) is 2.98. The number of rotatable bonds is 9. The summed E-state index contributed by atoms with van der Waals surface area (Å²) in [7, 11) is 2.02. The molecule has 0 saturated heterocycles. The Morgan fingerprint density at radius 1 is 0.963 bits per heavy atom. The normalized spacial score (nSPS) is 10.6. The zero-order valence-electron chi connectivity index (χ0n) is 17.1. The van der Waals surface area contributed by atoms with Gasteiger partial charge in [0.1, 0.15) is 0 Å². The molecular weight excluding hydrogens is 344 g/mol. The largest absolute Gasteiger partial charge is 0.490 e. The molecule has 2 aromatic rings. The Hall–Kier alpha value is -2.63. The molecule has 27 heavy (non-hydrogen) atoms. The van der Waals surface area contributed by atoms with Crippen molar-refractivity contribution in [3.05, 3.63) is 40.7 Å². The van der Waals surface area contributed by atoms with Crippen molar-refractivity contribution in [1.82, 2.24) is 9.88 Å². The van der Waals surface area contributed by atoms with E-state index in [-0.39, 0.29) is 5.91 Å². The van der Waals surface area contributed by atoms with Crippen molar-refractivity contribution in [2.45, 2.75) is 41.2 Å². The summed E-state index contributed by atoms with van der Waals surface area (Å²) < 4.78 is 19.2. The van der Waals surface area contributed by atoms with Crippen LogP contribution in [0, 0.1) is 13.8 Å². The minimum atomic E-state index is -0.180. The van der Waals surface area contributed by atoms with E-state index >= 15 is 0 Å². The molecule has 1 aromatic carbocycles. The first-order chi connectivity index (χ1) is 12.9. The lowest BCUT2D eigenvalue weighted by atomic mass is 10.1. The Kier molecular flexibility index (Phi) is 7.16. The molecule has 0 saturated carbocycles. The fourth-order valence-corrected chi connectivity index (χ4v) is 2.91. The predicted octanol–water partition coefficient (Wildman–Crippen LogP) is 3.77. The molecule has 0 unspecified atom stereocenters. The summed E-state index contributed by atoms with van der Waals surface area (Å²) in [5.41, 5.74) is 3.89. The molecule has 6 heteroatoms. The number of hydrogen-bond acceptors (Lipinski definition) is 4. The SMILES string of the molecule is CCOc1cc(C(=O)NCc2cc(C)n(C)c2C)cc(OCC)c1OCC. The van der Waals surface area contributed by atoms with Gasteiger partial charge in [0, 0.05) is 30.5 Å². The van der Waals surface area contributed by atoms with Crippen molar-refractivity contribution in [2.24, 2.45) is 7.05 Å². The second-order valence-electron chi connectivity index (χ2n) is 6.24. The molecule has 1 amide bonds. The number of aryl methyl sites for hydroxylation is 1. The zero-order valence-corrected chi connectivity index (χ0v) is 17.1. The van der Waals surface area contributed by atoms with E-state index in [4.69, 9.17) is 14.2 Å². The number of amides is 1. The third kappa shape index (κ3) is 4.76. The third-order valence-electron chi connectivity index (χ3n) is 4.49. The highest BCUT2D eigenvalue weighted by Gasteiger charge is 2.18. The van der Waals surface area contributed by atoms with Crippen LogP contribution in [0.3, 0.4) is 0 Å². The van der Waals surface area contributed by atoms with E-state index in [1.165, 1.54) is 0 Å². The van der Waals surface area contributed by atoms with E-state index in [1.807, 2.05) is 41.7 Å². The molecule has 1 aromatic heterocycles. The van der Waals surface area contributed by atoms with Gasteiger partial charge >= 0.3 is 0 Å². The highest BCUT2D eigenvalue weighted by molar-refractivity contribution is 5.95. The van der Waals surface area contributed by atoms with E-state index in [0.717, 1.165) is 17.0 Å². The fraction of sp³-hybridized carbons (Fsp3) is 0.476. The predicted molar refractivity (Wildman–Crippen MR) is 106 cm³/mol. The van der Waals surface area contributed by atoms with Crippen molar-refractivity contribution in [1.29, 1.82) is 0 Å². The minimum Gasteiger partial charge on any atom is -0.490 e. The number of carbonyl (C=O) groups excluding carboxylic acids is 1. The number of carbonyl (C=O) groups is 1. The molecule has 6 nitrogen and oxygen atoms in total. The van der Waals surface area contributed by atoms with Crippen LogP contribution in [0.5, 0.6) is 17.2 Å². The number of benzene rings is 1. The average molecular weight is 374 g/mol. The molecule has 148 valence electrons. The van der Waals surface area contributed by atoms with Gasteiger partial charge in [-0.2, -0.15) is 0 Å². The highest BCUT2D eigenvalue weighted by atomic mass is 16.5. The summed E-state index contributed by atoms with van der Waals surface area (Å²) in [6.45, 7) is 11.7. The van der Waals surface area contributed by atoms with Crippen molar-refractivity contribution >= 4 is 5.91 Å². The van der Waals surface area contributed by atoms with Crippen LogP contribution < -0.4 is 19.5 Å². The van der Waals surface area contributed by atoms with Crippen molar-refractivity contribution < 1.29 is 19.0 Å². The molecule has 0 spiro atoms. The molecular formula is C21H30N2O4. The Bertz CT molecular complexity index is 769. The molecule has 1 N–H and O–H groups in total. The van der Waals surface area contributed by atoms with E-state index in [1.54, 1.807) is 12.1 Å². The first kappa shape index (κ1) is 20.7. The number of nitrogens with zero attached hydrogens (tertiary/aromatic N) is 1. The maximum Gasteiger partial charge on any atom is 0.251 e. The average Bonchev–Trinajstić information content (AvgIpc) is 2.89. The molecule has 0 aliphatic heterocycles. The van der Waals surface area contributed by atoms with Gasteiger partial charge in [0.25, 0.3) is 5.91 Å². The van der Waals surface area contributed by atoms with Crippen LogP contribution in [0.4, 0.5) is 0 Å². The summed E-state index contributed by atoms with van der Waals surface area (Å²) in [5.74, 6) is 1.39. The van der Waals surface area contributed by atoms with E-state index in [0.29, 0.717) is 49.2 Å². The molecule has 0 bridgehead atoms. The smallest absolute Gasteiger partial charge is 0.251 e. The van der Waals surface area contributed by atoms with Crippen LogP contribution in [-0.2, 0) is 13.6 Å². The van der Waals surface area contributed by atoms with Crippen LogP contribution in [0.15, 0.2) is 18.2 Å². The summed E-state index contributed by atoms with van der Waals surface area (Å²) in [6, 6.07) is 5.50. The van der Waals surface area contributed by atoms with Gasteiger partial charge in [-0.3, -0.25) is 4.79 Å². The molecule has 0 radical (unpaired) electrons. The topological polar surface area (TPSA) is 61.7 Å². The fourth-order valence-electron chi connectivity index (χ4n) is 2.91. The third-order valence-corrected chi connectivity index (χ3v) is 4.49. The number of hydrogen-bond donors (Lipinski definition) is 1. The van der Waals surface area contributed by atoms with Crippen molar-refractivity contribution in [3.8, 4) is 17.2 Å². The minimum absolute atomic E-state index is 0.180. The molecule has 0 aliphatic carbocycles. The number of nitrogens with one attached hydrogen (secondary N) is 1. The standard InChI is InChI=1S/C21H30N2O4/c1-7-25-18-11-16(12-19(26-8-2)20(18)27-9-3)21(24)22-13-17-10-14(4)23(6)15(17)5/h10-12H,7-9,13H2,1-6H3,(H,22,24). The van der Waals surface area contributed by atoms with E-state index in [2.05, 4.69) is 16.0 Å². The quantitative estimate of drug-likeness (QED) is 0.726. The monoisotopic (exact) mass is 374 g/mol. The second-order valence-corrected chi connectivity index (χ2v) is 6.24. The lowest BCUT2D eigenvalue weighted by molar-refractivity contribution is 0.0949. The van der Waals surface area contributed by atoms with Gasteiger partial charge in [0.2, 0.25) is 5.75 Å². The van der Waals surface area contributed by atoms with Crippen molar-refractivity contribution in [2.75, 3.05) is 19.8 Å². The Balaban J connectivity index is 2.27. The molecule has 0 atom stereocenters. The summed E-state index contributed by atoms with van der Waals surface area (Å²) >= 11 is 0. The summed E-state index contributed by atoms with van der Waals surface area (Å²) in [4.78, 5) is 12.7. The van der Waals surface area contributed by atoms with Crippen LogP contribution in [0.25, 0.3) is 0 Å². The van der Waals surface area contributed by atoms with E-state index in [9.17, 15) is 4.79 Å². The maximum atomic E-state index is 12.7. The lowest BCUT2D eigenvalue weighted by Crippen LogP contribution is -2.23. The first-order valence-electron chi connectivity index (χ1n) is 9.39. The van der Waals surface area contributed by atoms with Gasteiger partial charge in [-0.15, -0.1) is 0 Å². The number of aromatic nitrogens is 1. The Labute approximate surface area is 161 Å². The van der Waals surface area contributed by atoms with Gasteiger partial charge in [-0.25, -0.2) is 0 Å². The molecule has 2 rings (SSSR count). The van der Waals surface area contributed by atoms with Crippen LogP contribution >= 0.6 is 0 Å². The van der Waals surface area contributed by atoms with Gasteiger partial charge in [-0.05, 0) is 58.4 Å². The second kappa shape index (κ2) is 9.35. The van der Waals surface area contributed by atoms with Gasteiger partial charge in [-0.1, -0.05) is 0 Å². The molecule has 0 fully saturated rings. The van der Waals surface area contributed by atoms with Gasteiger partial charge < -0.3 is 24.1 Å². The first-order valence-corrected chi connectivity index (χ1v) is 9.39. The van der Waals surface area contributed by atoms with Crippen LogP contribution in [0.1, 0.15) is 48.1 Å². The van der Waals surface area contributed by atoms with Crippen LogP contribution in [-0.4, -0.2) is 30.3 Å². The van der Waals surface area contributed by atoms with E-state index < -0.39 is 0 Å². The van der Waals surface area contributed by atoms with Gasteiger partial charge in [0.15, 0.2) is 11.5 Å². The van der Waals surface area contributed by atoms with Gasteiger partial charge in [0.05, 0.1) is 19.8 Å². The maximum absolute atomic E-state index is 12.7. The number of ether oxygens (including phenoxy) is 3. The van der Waals surface area contributed by atoms with Crippen molar-refractivity contribution in [3.63, 3.8) is 0 Å². The Morgan fingerprint density at radius 3 is 1.96 bits per heavy atom. The lowest BCUT2D eigenvalue weighted by Gasteiger charge is -2.17. The zero-order chi connectivity index (χ0) is 20.0. The molecule has 1 heterocycles. The molecule has 0 aliphatic rings.